The maximum atomic E-state index is 12.8. The van der Waals surface area contributed by atoms with Gasteiger partial charge in [0.05, 0.1) is 34.7 Å². The van der Waals surface area contributed by atoms with E-state index < -0.39 is 46.2 Å². The highest BCUT2D eigenvalue weighted by atomic mass is 32.2. The number of ether oxygens (including phenoxy) is 1. The van der Waals surface area contributed by atoms with Crippen LogP contribution in [0.1, 0.15) is 50.0 Å². The molecule has 1 fully saturated rings. The first-order valence-corrected chi connectivity index (χ1v) is 12.7. The number of hydrogen-bond donors (Lipinski definition) is 0. The third-order valence-corrected chi connectivity index (χ3v) is 7.78. The Labute approximate surface area is 197 Å². The van der Waals surface area contributed by atoms with Crippen molar-refractivity contribution < 1.29 is 32.3 Å². The summed E-state index contributed by atoms with van der Waals surface area (Å²) in [5.41, 5.74) is 1.15. The number of sulfone groups is 1. The molecule has 3 amide bonds. The molecule has 2 aliphatic rings. The van der Waals surface area contributed by atoms with Crippen molar-refractivity contribution >= 4 is 33.5 Å². The lowest BCUT2D eigenvalue weighted by molar-refractivity contribution is -0.136. The molecule has 0 unspecified atom stereocenters. The Balaban J connectivity index is 1.41. The largest absolute Gasteiger partial charge is 0.452 e. The molecule has 4 rings (SSSR count). The Hall–Kier alpha value is -3.53. The molecule has 1 saturated heterocycles. The fraction of sp³-hybridized carbons (Fsp3) is 0.333. The lowest BCUT2D eigenvalue weighted by Gasteiger charge is -2.26. The van der Waals surface area contributed by atoms with Gasteiger partial charge in [-0.25, -0.2) is 13.2 Å². The molecule has 9 nitrogen and oxygen atoms in total. The van der Waals surface area contributed by atoms with E-state index in [-0.39, 0.29) is 34.7 Å². The van der Waals surface area contributed by atoms with E-state index in [0.717, 1.165) is 10.5 Å². The van der Waals surface area contributed by atoms with Gasteiger partial charge < -0.3 is 9.64 Å². The number of hydrogen-bond acceptors (Lipinski definition) is 7. The normalized spacial score (nSPS) is 18.6. The zero-order valence-electron chi connectivity index (χ0n) is 18.6. The van der Waals surface area contributed by atoms with E-state index in [9.17, 15) is 27.6 Å². The Bertz CT molecular complexity index is 1260. The van der Waals surface area contributed by atoms with Gasteiger partial charge >= 0.3 is 5.97 Å². The molecule has 10 heteroatoms. The van der Waals surface area contributed by atoms with E-state index in [1.165, 1.54) is 23.1 Å². The number of carbonyl (C=O) groups is 4. The van der Waals surface area contributed by atoms with Gasteiger partial charge in [0.1, 0.15) is 0 Å². The zero-order valence-corrected chi connectivity index (χ0v) is 19.4. The number of fused-ring (bicyclic) bond motifs is 1. The quantitative estimate of drug-likeness (QED) is 0.433. The van der Waals surface area contributed by atoms with Crippen LogP contribution in [0.15, 0.2) is 48.5 Å². The number of amides is 3. The predicted octanol–water partition coefficient (Wildman–Crippen LogP) is 1.68. The molecule has 0 radical (unpaired) electrons. The minimum atomic E-state index is -3.16. The van der Waals surface area contributed by atoms with Crippen LogP contribution in [0.25, 0.3) is 0 Å². The van der Waals surface area contributed by atoms with Crippen molar-refractivity contribution in [2.24, 2.45) is 0 Å². The van der Waals surface area contributed by atoms with Crippen molar-refractivity contribution in [2.75, 3.05) is 24.7 Å². The summed E-state index contributed by atoms with van der Waals surface area (Å²) >= 11 is 0. The van der Waals surface area contributed by atoms with Gasteiger partial charge in [-0.3, -0.25) is 19.3 Å². The number of benzene rings is 2. The van der Waals surface area contributed by atoms with Crippen molar-refractivity contribution in [3.63, 3.8) is 0 Å². The Kier molecular flexibility index (Phi) is 6.52. The fourth-order valence-corrected chi connectivity index (χ4v) is 6.01. The van der Waals surface area contributed by atoms with Gasteiger partial charge in [0.2, 0.25) is 0 Å². The summed E-state index contributed by atoms with van der Waals surface area (Å²) in [6.07, 6.45) is 0.357. The van der Waals surface area contributed by atoms with E-state index in [4.69, 9.17) is 4.74 Å². The molecule has 34 heavy (non-hydrogen) atoms. The molecule has 2 aromatic carbocycles. The van der Waals surface area contributed by atoms with Crippen LogP contribution in [0.2, 0.25) is 0 Å². The SMILES string of the molecule is CCN(C(=O)COC(=O)c1ccc2c(c1)C(=O)N(Cc1ccccc1)C2=O)[C@@H]1CCS(=O)(=O)C1. The van der Waals surface area contributed by atoms with Crippen LogP contribution in [-0.2, 0) is 25.9 Å². The highest BCUT2D eigenvalue weighted by molar-refractivity contribution is 7.91. The summed E-state index contributed by atoms with van der Waals surface area (Å²) in [6.45, 7) is 1.59. The maximum absolute atomic E-state index is 12.8. The van der Waals surface area contributed by atoms with Gasteiger partial charge in [-0.15, -0.1) is 0 Å². The minimum absolute atomic E-state index is 0.0321. The molecule has 0 N–H and O–H groups in total. The number of imide groups is 1. The fourth-order valence-electron chi connectivity index (χ4n) is 4.28. The van der Waals surface area contributed by atoms with Crippen molar-refractivity contribution in [2.45, 2.75) is 25.9 Å². The van der Waals surface area contributed by atoms with Crippen LogP contribution in [0.3, 0.4) is 0 Å². The highest BCUT2D eigenvalue weighted by Gasteiger charge is 2.37. The monoisotopic (exact) mass is 484 g/mol. The van der Waals surface area contributed by atoms with Crippen LogP contribution in [0, 0.1) is 0 Å². The molecular weight excluding hydrogens is 460 g/mol. The first kappa shape index (κ1) is 23.6. The average molecular weight is 485 g/mol. The summed E-state index contributed by atoms with van der Waals surface area (Å²) in [5, 5.41) is 0. The molecule has 0 aliphatic carbocycles. The summed E-state index contributed by atoms with van der Waals surface area (Å²) in [6, 6.07) is 12.7. The summed E-state index contributed by atoms with van der Waals surface area (Å²) < 4.78 is 28.6. The Morgan fingerprint density at radius 3 is 2.41 bits per heavy atom. The number of nitrogens with zero attached hydrogens (tertiary/aromatic N) is 2. The number of likely N-dealkylation sites (N-methyl/N-ethyl adjacent to an activating group) is 1. The lowest BCUT2D eigenvalue weighted by Crippen LogP contribution is -2.43. The summed E-state index contributed by atoms with van der Waals surface area (Å²) in [5.74, 6) is -2.31. The molecule has 0 bridgehead atoms. The van der Waals surface area contributed by atoms with E-state index >= 15 is 0 Å². The first-order valence-electron chi connectivity index (χ1n) is 10.9. The molecule has 178 valence electrons. The minimum Gasteiger partial charge on any atom is -0.452 e. The van der Waals surface area contributed by atoms with Crippen LogP contribution >= 0.6 is 0 Å². The number of rotatable bonds is 7. The molecule has 0 spiro atoms. The molecular formula is C24H24N2O7S. The van der Waals surface area contributed by atoms with Crippen LogP contribution in [0.4, 0.5) is 0 Å². The first-order chi connectivity index (χ1) is 16.2. The second kappa shape index (κ2) is 9.38. The van der Waals surface area contributed by atoms with Gasteiger partial charge in [-0.05, 0) is 37.1 Å². The van der Waals surface area contributed by atoms with Crippen molar-refractivity contribution in [3.8, 4) is 0 Å². The van der Waals surface area contributed by atoms with E-state index in [0.29, 0.717) is 13.0 Å². The topological polar surface area (TPSA) is 118 Å². The molecule has 0 saturated carbocycles. The molecule has 2 aliphatic heterocycles. The van der Waals surface area contributed by atoms with Crippen LogP contribution in [0.5, 0.6) is 0 Å². The maximum Gasteiger partial charge on any atom is 0.338 e. The second-order valence-electron chi connectivity index (χ2n) is 8.26. The van der Waals surface area contributed by atoms with E-state index in [1.54, 1.807) is 6.92 Å². The highest BCUT2D eigenvalue weighted by Crippen LogP contribution is 2.26. The molecule has 1 atom stereocenters. The summed E-state index contributed by atoms with van der Waals surface area (Å²) in [4.78, 5) is 53.1. The predicted molar refractivity (Wildman–Crippen MR) is 122 cm³/mol. The Morgan fingerprint density at radius 1 is 1.06 bits per heavy atom. The smallest absolute Gasteiger partial charge is 0.338 e. The van der Waals surface area contributed by atoms with Gasteiger partial charge in [-0.2, -0.15) is 0 Å². The zero-order chi connectivity index (χ0) is 24.5. The molecule has 2 heterocycles. The number of carbonyl (C=O) groups excluding carboxylic acids is 4. The van der Waals surface area contributed by atoms with E-state index in [1.807, 2.05) is 30.3 Å². The van der Waals surface area contributed by atoms with Crippen molar-refractivity contribution in [1.29, 1.82) is 0 Å². The van der Waals surface area contributed by atoms with Crippen molar-refractivity contribution in [3.05, 3.63) is 70.8 Å². The third kappa shape index (κ3) is 4.72. The molecule has 0 aromatic heterocycles. The third-order valence-electron chi connectivity index (χ3n) is 6.03. The Morgan fingerprint density at radius 2 is 1.76 bits per heavy atom. The summed E-state index contributed by atoms with van der Waals surface area (Å²) in [7, 11) is -3.16. The standard InChI is InChI=1S/C24H24N2O7S/c1-2-25(18-10-11-34(31,32)15-18)21(27)14-33-24(30)17-8-9-19-20(12-17)23(29)26(22(19)28)13-16-6-4-3-5-7-16/h3-9,12,18H,2,10-11,13-15H2,1H3/t18-/m1/s1. The van der Waals surface area contributed by atoms with Gasteiger partial charge in [0.15, 0.2) is 16.4 Å². The molecule has 2 aromatic rings. The number of esters is 1. The van der Waals surface area contributed by atoms with Crippen LogP contribution in [-0.4, -0.2) is 72.6 Å². The van der Waals surface area contributed by atoms with Crippen LogP contribution < -0.4 is 0 Å². The van der Waals surface area contributed by atoms with E-state index in [2.05, 4.69) is 0 Å². The van der Waals surface area contributed by atoms with Gasteiger partial charge in [-0.1, -0.05) is 30.3 Å². The average Bonchev–Trinajstić information content (AvgIpc) is 3.30. The lowest BCUT2D eigenvalue weighted by atomic mass is 10.1. The van der Waals surface area contributed by atoms with Gasteiger partial charge in [0, 0.05) is 12.6 Å². The second-order valence-corrected chi connectivity index (χ2v) is 10.5. The van der Waals surface area contributed by atoms with Gasteiger partial charge in [0.25, 0.3) is 17.7 Å². The van der Waals surface area contributed by atoms with Crippen molar-refractivity contribution in [1.82, 2.24) is 9.80 Å².